The third-order valence-electron chi connectivity index (χ3n) is 1.46. The minimum Gasteiger partial charge on any atom is -0.436 e. The maximum absolute atomic E-state index is 5.33. The Morgan fingerprint density at radius 3 is 2.55 bits per heavy atom. The molecular formula is C8H12BrNO. The minimum absolute atomic E-state index is 0.589. The molecule has 0 aliphatic rings. The molecule has 0 saturated carbocycles. The number of halogens is 1. The molecule has 0 fully saturated rings. The second-order valence-corrected chi connectivity index (χ2v) is 3.75. The first-order chi connectivity index (χ1) is 5.09. The molecule has 0 bridgehead atoms. The maximum atomic E-state index is 5.33. The molecule has 0 aromatic carbocycles. The summed E-state index contributed by atoms with van der Waals surface area (Å²) in [5.41, 5.74) is 0.991. The van der Waals surface area contributed by atoms with E-state index in [0.717, 1.165) is 17.9 Å². The highest BCUT2D eigenvalue weighted by Crippen LogP contribution is 2.17. The lowest BCUT2D eigenvalue weighted by atomic mass is 10.1. The SMILES string of the molecule is Cc1nc(Br)oc1CC(C)C. The quantitative estimate of drug-likeness (QED) is 0.762. The number of oxazole rings is 1. The predicted octanol–water partition coefficient (Wildman–Crippen LogP) is 2.94. The molecule has 2 nitrogen and oxygen atoms in total. The van der Waals surface area contributed by atoms with Crippen LogP contribution in [0, 0.1) is 12.8 Å². The van der Waals surface area contributed by atoms with E-state index in [0.29, 0.717) is 10.7 Å². The van der Waals surface area contributed by atoms with Crippen LogP contribution < -0.4 is 0 Å². The largest absolute Gasteiger partial charge is 0.436 e. The van der Waals surface area contributed by atoms with Gasteiger partial charge in [-0.05, 0) is 12.8 Å². The zero-order valence-corrected chi connectivity index (χ0v) is 8.60. The van der Waals surface area contributed by atoms with E-state index in [4.69, 9.17) is 4.42 Å². The molecule has 1 rings (SSSR count). The Morgan fingerprint density at radius 1 is 1.55 bits per heavy atom. The van der Waals surface area contributed by atoms with Crippen LogP contribution in [0.25, 0.3) is 0 Å². The third-order valence-corrected chi connectivity index (χ3v) is 1.80. The number of aromatic nitrogens is 1. The third kappa shape index (κ3) is 2.33. The molecule has 0 saturated heterocycles. The molecule has 1 aromatic rings. The van der Waals surface area contributed by atoms with Gasteiger partial charge in [-0.25, -0.2) is 4.98 Å². The van der Waals surface area contributed by atoms with Gasteiger partial charge in [0.05, 0.1) is 5.69 Å². The standard InChI is InChI=1S/C8H12BrNO/c1-5(2)4-7-6(3)10-8(9)11-7/h5H,4H2,1-3H3. The monoisotopic (exact) mass is 217 g/mol. The van der Waals surface area contributed by atoms with Crippen molar-refractivity contribution in [2.24, 2.45) is 5.92 Å². The minimum atomic E-state index is 0.589. The highest BCUT2D eigenvalue weighted by molar-refractivity contribution is 9.10. The Morgan fingerprint density at radius 2 is 2.18 bits per heavy atom. The summed E-state index contributed by atoms with van der Waals surface area (Å²) in [5, 5.41) is 0. The number of aryl methyl sites for hydroxylation is 1. The molecule has 1 heterocycles. The van der Waals surface area contributed by atoms with Crippen LogP contribution >= 0.6 is 15.9 Å². The average molecular weight is 218 g/mol. The smallest absolute Gasteiger partial charge is 0.264 e. The lowest BCUT2D eigenvalue weighted by Crippen LogP contribution is -1.93. The van der Waals surface area contributed by atoms with Crippen molar-refractivity contribution in [3.05, 3.63) is 16.3 Å². The van der Waals surface area contributed by atoms with Crippen LogP contribution in [0.5, 0.6) is 0 Å². The van der Waals surface area contributed by atoms with Crippen molar-refractivity contribution in [2.75, 3.05) is 0 Å². The Balaban J connectivity index is 2.77. The molecule has 0 amide bonds. The fraction of sp³-hybridized carbons (Fsp3) is 0.625. The van der Waals surface area contributed by atoms with Crippen molar-refractivity contribution in [1.29, 1.82) is 0 Å². The fourth-order valence-electron chi connectivity index (χ4n) is 0.953. The van der Waals surface area contributed by atoms with E-state index >= 15 is 0 Å². The fourth-order valence-corrected chi connectivity index (χ4v) is 1.41. The number of nitrogens with zero attached hydrogens (tertiary/aromatic N) is 1. The van der Waals surface area contributed by atoms with Gasteiger partial charge in [0.25, 0.3) is 4.80 Å². The van der Waals surface area contributed by atoms with Gasteiger partial charge < -0.3 is 4.42 Å². The predicted molar refractivity (Wildman–Crippen MR) is 47.5 cm³/mol. The van der Waals surface area contributed by atoms with Crippen molar-refractivity contribution in [3.8, 4) is 0 Å². The molecule has 11 heavy (non-hydrogen) atoms. The lowest BCUT2D eigenvalue weighted by Gasteiger charge is -1.99. The van der Waals surface area contributed by atoms with Crippen LogP contribution in [0.1, 0.15) is 25.3 Å². The Labute approximate surface area is 75.1 Å². The Bertz CT molecular complexity index is 242. The molecule has 0 aliphatic heterocycles. The van der Waals surface area contributed by atoms with Gasteiger partial charge in [-0.1, -0.05) is 13.8 Å². The van der Waals surface area contributed by atoms with Gasteiger partial charge in [0.15, 0.2) is 0 Å². The summed E-state index contributed by atoms with van der Waals surface area (Å²) in [6, 6.07) is 0. The highest BCUT2D eigenvalue weighted by Gasteiger charge is 2.08. The van der Waals surface area contributed by atoms with E-state index in [1.54, 1.807) is 0 Å². The van der Waals surface area contributed by atoms with E-state index in [-0.39, 0.29) is 0 Å². The van der Waals surface area contributed by atoms with E-state index in [9.17, 15) is 0 Å². The lowest BCUT2D eigenvalue weighted by molar-refractivity contribution is 0.449. The molecule has 0 aliphatic carbocycles. The van der Waals surface area contributed by atoms with Gasteiger partial charge in [-0.15, -0.1) is 0 Å². The zero-order chi connectivity index (χ0) is 8.43. The van der Waals surface area contributed by atoms with Gasteiger partial charge in [0.1, 0.15) is 5.76 Å². The molecule has 0 radical (unpaired) electrons. The zero-order valence-electron chi connectivity index (χ0n) is 7.02. The van der Waals surface area contributed by atoms with Crippen LogP contribution in [0.4, 0.5) is 0 Å². The van der Waals surface area contributed by atoms with Crippen LogP contribution in [0.2, 0.25) is 0 Å². The summed E-state index contributed by atoms with van der Waals surface area (Å²) in [4.78, 5) is 4.70. The van der Waals surface area contributed by atoms with Gasteiger partial charge in [-0.2, -0.15) is 0 Å². The van der Waals surface area contributed by atoms with E-state index < -0.39 is 0 Å². The molecule has 0 atom stereocenters. The number of hydrogen-bond acceptors (Lipinski definition) is 2. The van der Waals surface area contributed by atoms with Gasteiger partial charge >= 0.3 is 0 Å². The van der Waals surface area contributed by atoms with Crippen LogP contribution in [-0.2, 0) is 6.42 Å². The topological polar surface area (TPSA) is 26.0 Å². The summed E-state index contributed by atoms with van der Waals surface area (Å²) in [6.07, 6.45) is 0.963. The molecule has 0 unspecified atom stereocenters. The van der Waals surface area contributed by atoms with Crippen LogP contribution in [0.3, 0.4) is 0 Å². The van der Waals surface area contributed by atoms with Crippen molar-refractivity contribution in [3.63, 3.8) is 0 Å². The first kappa shape index (κ1) is 8.78. The summed E-state index contributed by atoms with van der Waals surface area (Å²) >= 11 is 3.20. The molecule has 0 spiro atoms. The average Bonchev–Trinajstić information content (AvgIpc) is 2.09. The first-order valence-corrected chi connectivity index (χ1v) is 4.50. The van der Waals surface area contributed by atoms with Crippen molar-refractivity contribution in [1.82, 2.24) is 4.98 Å². The Kier molecular flexibility index (Phi) is 2.71. The van der Waals surface area contributed by atoms with Gasteiger partial charge in [0, 0.05) is 22.4 Å². The highest BCUT2D eigenvalue weighted by atomic mass is 79.9. The molecule has 62 valence electrons. The second kappa shape index (κ2) is 3.39. The molecule has 0 N–H and O–H groups in total. The number of hydrogen-bond donors (Lipinski definition) is 0. The van der Waals surface area contributed by atoms with Crippen molar-refractivity contribution < 1.29 is 4.42 Å². The molecule has 1 aromatic heterocycles. The summed E-state index contributed by atoms with van der Waals surface area (Å²) < 4.78 is 5.33. The first-order valence-electron chi connectivity index (χ1n) is 3.71. The summed E-state index contributed by atoms with van der Waals surface area (Å²) in [7, 11) is 0. The van der Waals surface area contributed by atoms with Crippen LogP contribution in [0.15, 0.2) is 9.22 Å². The van der Waals surface area contributed by atoms with Gasteiger partial charge in [-0.3, -0.25) is 0 Å². The number of rotatable bonds is 2. The molecule has 3 heteroatoms. The maximum Gasteiger partial charge on any atom is 0.264 e. The Hall–Kier alpha value is -0.310. The summed E-state index contributed by atoms with van der Waals surface area (Å²) in [6.45, 7) is 6.29. The molecular weight excluding hydrogens is 206 g/mol. The van der Waals surface area contributed by atoms with Crippen molar-refractivity contribution >= 4 is 15.9 Å². The summed E-state index contributed by atoms with van der Waals surface area (Å²) in [5.74, 6) is 1.61. The van der Waals surface area contributed by atoms with Crippen LogP contribution in [-0.4, -0.2) is 4.98 Å². The van der Waals surface area contributed by atoms with E-state index in [1.165, 1.54) is 0 Å². The van der Waals surface area contributed by atoms with Crippen molar-refractivity contribution in [2.45, 2.75) is 27.2 Å². The van der Waals surface area contributed by atoms with Gasteiger partial charge in [0.2, 0.25) is 0 Å². The second-order valence-electron chi connectivity index (χ2n) is 3.07. The van der Waals surface area contributed by atoms with E-state index in [2.05, 4.69) is 34.8 Å². The van der Waals surface area contributed by atoms with E-state index in [1.807, 2.05) is 6.92 Å². The normalized spacial score (nSPS) is 11.0.